The number of carboxylic acids is 1. The fraction of sp³-hybridized carbons (Fsp3) is 0.571. The SMILES string of the molecule is COc1ncc(C2=NC3(CCC(C(C)(C)C)CC3)N([C@H](CCC(C)(C)C)c3ccc(C(=O)NCCC(=O)O)cc3)C2=O)cc1F. The van der Waals surface area contributed by atoms with E-state index in [1.165, 1.54) is 19.4 Å². The molecule has 10 heteroatoms. The van der Waals surface area contributed by atoms with Gasteiger partial charge in [-0.3, -0.25) is 19.4 Å². The number of methoxy groups -OCH3 is 1. The molecule has 1 aromatic heterocycles. The topological polar surface area (TPSA) is 121 Å². The van der Waals surface area contributed by atoms with Crippen LogP contribution in [0.3, 0.4) is 0 Å². The van der Waals surface area contributed by atoms with Gasteiger partial charge in [0.05, 0.1) is 19.6 Å². The Labute approximate surface area is 265 Å². The molecule has 2 amide bonds. The number of carbonyl (C=O) groups excluding carboxylic acids is 2. The molecule has 1 aliphatic carbocycles. The van der Waals surface area contributed by atoms with Gasteiger partial charge in [0, 0.05) is 23.9 Å². The van der Waals surface area contributed by atoms with E-state index >= 15 is 0 Å². The fourth-order valence-corrected chi connectivity index (χ4v) is 6.49. The molecule has 0 unspecified atom stereocenters. The minimum Gasteiger partial charge on any atom is -0.481 e. The fourth-order valence-electron chi connectivity index (χ4n) is 6.49. The molecule has 0 saturated heterocycles. The van der Waals surface area contributed by atoms with E-state index < -0.39 is 17.4 Å². The largest absolute Gasteiger partial charge is 0.481 e. The monoisotopic (exact) mass is 622 g/mol. The molecule has 244 valence electrons. The zero-order valence-electron chi connectivity index (χ0n) is 27.6. The number of nitrogens with zero attached hydrogens (tertiary/aromatic N) is 3. The first kappa shape index (κ1) is 34.1. The van der Waals surface area contributed by atoms with Crippen molar-refractivity contribution in [2.45, 2.75) is 98.2 Å². The number of pyridine rings is 1. The van der Waals surface area contributed by atoms with Crippen LogP contribution < -0.4 is 10.1 Å². The van der Waals surface area contributed by atoms with Gasteiger partial charge in [-0.15, -0.1) is 0 Å². The summed E-state index contributed by atoms with van der Waals surface area (Å²) >= 11 is 0. The average molecular weight is 623 g/mol. The van der Waals surface area contributed by atoms with Gasteiger partial charge in [-0.2, -0.15) is 0 Å². The van der Waals surface area contributed by atoms with Gasteiger partial charge >= 0.3 is 5.97 Å². The summed E-state index contributed by atoms with van der Waals surface area (Å²) in [7, 11) is 1.35. The van der Waals surface area contributed by atoms with Crippen LogP contribution in [0.25, 0.3) is 0 Å². The second-order valence-electron chi connectivity index (χ2n) is 14.6. The maximum absolute atomic E-state index is 14.8. The third-order valence-electron chi connectivity index (χ3n) is 9.14. The summed E-state index contributed by atoms with van der Waals surface area (Å²) in [5, 5.41) is 11.5. The van der Waals surface area contributed by atoms with Crippen LogP contribution in [0, 0.1) is 22.6 Å². The third-order valence-corrected chi connectivity index (χ3v) is 9.14. The van der Waals surface area contributed by atoms with Crippen molar-refractivity contribution in [2.75, 3.05) is 13.7 Å². The quantitative estimate of drug-likeness (QED) is 0.309. The Hall–Kier alpha value is -3.82. The van der Waals surface area contributed by atoms with Crippen LogP contribution in [0.15, 0.2) is 41.5 Å². The van der Waals surface area contributed by atoms with E-state index in [0.29, 0.717) is 36.3 Å². The zero-order valence-corrected chi connectivity index (χ0v) is 27.6. The highest BCUT2D eigenvalue weighted by molar-refractivity contribution is 6.46. The lowest BCUT2D eigenvalue weighted by Crippen LogP contribution is -2.51. The van der Waals surface area contributed by atoms with Crippen LogP contribution in [0.1, 0.15) is 114 Å². The molecular formula is C35H47FN4O5. The Balaban J connectivity index is 1.74. The van der Waals surface area contributed by atoms with Gasteiger partial charge in [-0.25, -0.2) is 9.37 Å². The molecule has 1 aliphatic heterocycles. The average Bonchev–Trinajstić information content (AvgIpc) is 3.23. The molecule has 2 aromatic rings. The molecule has 2 aliphatic rings. The summed E-state index contributed by atoms with van der Waals surface area (Å²) in [5.41, 5.74) is 1.13. The van der Waals surface area contributed by atoms with Crippen LogP contribution in [0.4, 0.5) is 4.39 Å². The molecular weight excluding hydrogens is 575 g/mol. The van der Waals surface area contributed by atoms with Gasteiger partial charge in [0.2, 0.25) is 5.88 Å². The smallest absolute Gasteiger partial charge is 0.305 e. The number of aromatic nitrogens is 1. The van der Waals surface area contributed by atoms with Crippen LogP contribution in [0.2, 0.25) is 0 Å². The van der Waals surface area contributed by atoms with E-state index in [1.807, 2.05) is 17.0 Å². The predicted octanol–water partition coefficient (Wildman–Crippen LogP) is 6.57. The number of amides is 2. The van der Waals surface area contributed by atoms with Gasteiger partial charge < -0.3 is 20.1 Å². The van der Waals surface area contributed by atoms with Crippen LogP contribution in [0.5, 0.6) is 5.88 Å². The van der Waals surface area contributed by atoms with Crippen molar-refractivity contribution >= 4 is 23.5 Å². The van der Waals surface area contributed by atoms with Crippen molar-refractivity contribution in [3.63, 3.8) is 0 Å². The first-order valence-corrected chi connectivity index (χ1v) is 15.8. The Bertz CT molecular complexity index is 1430. The van der Waals surface area contributed by atoms with Crippen molar-refractivity contribution in [1.82, 2.24) is 15.2 Å². The van der Waals surface area contributed by atoms with Crippen molar-refractivity contribution in [2.24, 2.45) is 21.7 Å². The molecule has 0 radical (unpaired) electrons. The lowest BCUT2D eigenvalue weighted by molar-refractivity contribution is -0.137. The highest BCUT2D eigenvalue weighted by Gasteiger charge is 2.53. The number of carbonyl (C=O) groups is 3. The number of nitrogens with one attached hydrogen (secondary N) is 1. The molecule has 2 heterocycles. The van der Waals surface area contributed by atoms with E-state index in [-0.39, 0.29) is 53.2 Å². The maximum atomic E-state index is 14.8. The minimum atomic E-state index is -0.983. The van der Waals surface area contributed by atoms with E-state index in [0.717, 1.165) is 24.8 Å². The van der Waals surface area contributed by atoms with E-state index in [4.69, 9.17) is 14.8 Å². The normalized spacial score (nSPS) is 21.1. The Kier molecular flexibility index (Phi) is 10.0. The summed E-state index contributed by atoms with van der Waals surface area (Å²) in [5.74, 6) is -1.92. The van der Waals surface area contributed by atoms with Crippen molar-refractivity contribution in [3.05, 3.63) is 59.0 Å². The number of hydrogen-bond donors (Lipinski definition) is 2. The Morgan fingerprint density at radius 3 is 2.31 bits per heavy atom. The number of aliphatic imine (C=N–C) groups is 1. The lowest BCUT2D eigenvalue weighted by atomic mass is 9.69. The molecule has 0 bridgehead atoms. The summed E-state index contributed by atoms with van der Waals surface area (Å²) in [6, 6.07) is 8.09. The van der Waals surface area contributed by atoms with E-state index in [2.05, 4.69) is 51.8 Å². The summed E-state index contributed by atoms with van der Waals surface area (Å²) in [4.78, 5) is 49.2. The first-order valence-electron chi connectivity index (χ1n) is 15.8. The highest BCUT2D eigenvalue weighted by Crippen LogP contribution is 2.50. The van der Waals surface area contributed by atoms with E-state index in [9.17, 15) is 18.8 Å². The number of aliphatic carboxylic acids is 1. The van der Waals surface area contributed by atoms with Crippen LogP contribution in [-0.4, -0.2) is 57.8 Å². The van der Waals surface area contributed by atoms with Crippen molar-refractivity contribution in [3.8, 4) is 5.88 Å². The van der Waals surface area contributed by atoms with Crippen LogP contribution >= 0.6 is 0 Å². The standard InChI is InChI=1S/C35H47FN4O5/c1-33(2,3)16-14-27(22-8-10-23(11-9-22)30(43)37-19-15-28(41)42)40-32(44)29(24-20-26(36)31(45-7)38-21-24)39-35(40)17-12-25(13-18-35)34(4,5)6/h8-11,20-21,25,27H,12-19H2,1-7H3,(H,37,43)(H,41,42)/t25?,27-,35?/m1/s1. The van der Waals surface area contributed by atoms with Gasteiger partial charge in [0.1, 0.15) is 11.4 Å². The van der Waals surface area contributed by atoms with Gasteiger partial charge in [-0.1, -0.05) is 53.7 Å². The number of ether oxygens (including phenoxy) is 1. The summed E-state index contributed by atoms with van der Waals surface area (Å²) < 4.78 is 19.8. The van der Waals surface area contributed by atoms with Crippen molar-refractivity contribution < 1.29 is 28.6 Å². The van der Waals surface area contributed by atoms with Gasteiger partial charge in [0.15, 0.2) is 5.82 Å². The van der Waals surface area contributed by atoms with Gasteiger partial charge in [-0.05, 0) is 79.0 Å². The van der Waals surface area contributed by atoms with Crippen LogP contribution in [-0.2, 0) is 9.59 Å². The number of carboxylic acid groups (broad SMARTS) is 1. The van der Waals surface area contributed by atoms with Crippen molar-refractivity contribution in [1.29, 1.82) is 0 Å². The summed E-state index contributed by atoms with van der Waals surface area (Å²) in [6.45, 7) is 13.3. The molecule has 9 nitrogen and oxygen atoms in total. The molecule has 1 saturated carbocycles. The second kappa shape index (κ2) is 13.3. The molecule has 1 aromatic carbocycles. The number of halogens is 1. The minimum absolute atomic E-state index is 0.00519. The predicted molar refractivity (Wildman–Crippen MR) is 171 cm³/mol. The molecule has 1 fully saturated rings. The molecule has 2 N–H and O–H groups in total. The third kappa shape index (κ3) is 7.89. The lowest BCUT2D eigenvalue weighted by Gasteiger charge is -2.47. The molecule has 45 heavy (non-hydrogen) atoms. The second-order valence-corrected chi connectivity index (χ2v) is 14.6. The maximum Gasteiger partial charge on any atom is 0.305 e. The summed E-state index contributed by atoms with van der Waals surface area (Å²) in [6.07, 6.45) is 5.96. The number of benzene rings is 1. The first-order chi connectivity index (χ1) is 21.0. The number of hydrogen-bond acceptors (Lipinski definition) is 6. The molecule has 4 rings (SSSR count). The molecule has 1 atom stereocenters. The Morgan fingerprint density at radius 1 is 1.13 bits per heavy atom. The molecule has 1 spiro atoms. The number of rotatable bonds is 10. The Morgan fingerprint density at radius 2 is 1.78 bits per heavy atom. The zero-order chi connectivity index (χ0) is 33.2. The highest BCUT2D eigenvalue weighted by atomic mass is 19.1. The van der Waals surface area contributed by atoms with E-state index in [1.54, 1.807) is 12.1 Å². The van der Waals surface area contributed by atoms with Gasteiger partial charge in [0.25, 0.3) is 11.8 Å².